The minimum atomic E-state index is -0.410. The van der Waals surface area contributed by atoms with Crippen molar-refractivity contribution in [2.75, 3.05) is 0 Å². The van der Waals surface area contributed by atoms with E-state index in [1.54, 1.807) is 6.20 Å². The smallest absolute Gasteiger partial charge is 0.0963 e. The predicted molar refractivity (Wildman–Crippen MR) is 233 cm³/mol. The molecule has 0 unspecified atom stereocenters. The van der Waals surface area contributed by atoms with Crippen molar-refractivity contribution in [1.82, 2.24) is 19.4 Å². The van der Waals surface area contributed by atoms with Crippen molar-refractivity contribution in [3.8, 4) is 44.8 Å². The van der Waals surface area contributed by atoms with Gasteiger partial charge < -0.3 is 20.2 Å². The lowest BCUT2D eigenvalue weighted by Crippen LogP contribution is -2.25. The van der Waals surface area contributed by atoms with Crippen LogP contribution in [0.3, 0.4) is 0 Å². The number of hydrogen-bond donors (Lipinski definition) is 2. The summed E-state index contributed by atoms with van der Waals surface area (Å²) in [6, 6.07) is 54.0. The van der Waals surface area contributed by atoms with Crippen LogP contribution >= 0.6 is 0 Å². The highest BCUT2D eigenvalue weighted by Crippen LogP contribution is 2.63. The van der Waals surface area contributed by atoms with Crippen LogP contribution in [0.25, 0.3) is 78.8 Å². The summed E-state index contributed by atoms with van der Waals surface area (Å²) in [5.41, 5.74) is 28.6. The van der Waals surface area contributed by atoms with Gasteiger partial charge in [0.25, 0.3) is 0 Å². The van der Waals surface area contributed by atoms with E-state index in [-0.39, 0.29) is 0 Å². The van der Waals surface area contributed by atoms with Gasteiger partial charge in [-0.1, -0.05) is 97.1 Å². The summed E-state index contributed by atoms with van der Waals surface area (Å²) in [4.78, 5) is 5.00. The van der Waals surface area contributed by atoms with Gasteiger partial charge in [-0.15, -0.1) is 0 Å². The van der Waals surface area contributed by atoms with Crippen LogP contribution in [-0.4, -0.2) is 14.1 Å². The molecule has 3 aromatic heterocycles. The van der Waals surface area contributed by atoms with Crippen LogP contribution < -0.4 is 11.1 Å². The van der Waals surface area contributed by atoms with E-state index in [0.717, 1.165) is 45.4 Å². The van der Waals surface area contributed by atoms with Crippen molar-refractivity contribution in [2.45, 2.75) is 18.9 Å². The third-order valence-electron chi connectivity index (χ3n) is 12.7. The van der Waals surface area contributed by atoms with Gasteiger partial charge in [-0.05, 0) is 136 Å². The molecule has 0 bridgehead atoms. The summed E-state index contributed by atoms with van der Waals surface area (Å²) in [6.07, 6.45) is 9.69. The van der Waals surface area contributed by atoms with Gasteiger partial charge in [0.15, 0.2) is 0 Å². The zero-order valence-corrected chi connectivity index (χ0v) is 31.4. The largest absolute Gasteiger partial charge is 0.405 e. The average molecular weight is 732 g/mol. The second-order valence-corrected chi connectivity index (χ2v) is 15.4. The Hall–Kier alpha value is -7.37. The third kappa shape index (κ3) is 4.20. The Morgan fingerprint density at radius 3 is 1.86 bits per heavy atom. The van der Waals surface area contributed by atoms with Crippen LogP contribution in [0.5, 0.6) is 0 Å². The van der Waals surface area contributed by atoms with Crippen molar-refractivity contribution in [3.05, 3.63) is 209 Å². The normalized spacial score (nSPS) is 14.2. The fourth-order valence-corrected chi connectivity index (χ4v) is 10.4. The lowest BCUT2D eigenvalue weighted by Gasteiger charge is -2.30. The lowest BCUT2D eigenvalue weighted by molar-refractivity contribution is 0.787. The molecule has 1 aliphatic heterocycles. The van der Waals surface area contributed by atoms with E-state index in [4.69, 9.17) is 10.7 Å². The molecule has 3 aliphatic rings. The molecule has 12 rings (SSSR count). The van der Waals surface area contributed by atoms with E-state index in [0.29, 0.717) is 0 Å². The zero-order chi connectivity index (χ0) is 37.8. The van der Waals surface area contributed by atoms with Crippen molar-refractivity contribution < 1.29 is 0 Å². The second kappa shape index (κ2) is 11.8. The summed E-state index contributed by atoms with van der Waals surface area (Å²) in [5.74, 6) is 0. The standard InChI is InChI=1S/C52H37N5/c1-32-37(24-26-53)41-25-28-54-31-50(41)56(32)35-20-16-33(17-21-35)34-18-22-36(23-19-34)57-48-15-8-27-55-51(48)43-29-42-40-11-4-7-14-46(40)52(47(42)30-49(43)57)44-12-5-2-9-38(44)39-10-3-6-13-45(39)52/h2-30,54H,31,53H2,1H3/b26-24-. The number of aromatic nitrogens is 3. The van der Waals surface area contributed by atoms with Crippen LogP contribution in [0.15, 0.2) is 164 Å². The van der Waals surface area contributed by atoms with E-state index in [2.05, 4.69) is 167 Å². The molecule has 9 aromatic rings. The molecule has 0 amide bonds. The Kier molecular flexibility index (Phi) is 6.62. The summed E-state index contributed by atoms with van der Waals surface area (Å²) >= 11 is 0. The Balaban J connectivity index is 1.00. The summed E-state index contributed by atoms with van der Waals surface area (Å²) < 4.78 is 4.74. The van der Waals surface area contributed by atoms with Gasteiger partial charge in [0, 0.05) is 45.5 Å². The molecule has 57 heavy (non-hydrogen) atoms. The third-order valence-corrected chi connectivity index (χ3v) is 12.7. The molecular weight excluding hydrogens is 695 g/mol. The number of nitrogens with one attached hydrogen (secondary N) is 1. The average Bonchev–Trinajstić information content (AvgIpc) is 3.95. The van der Waals surface area contributed by atoms with Crippen molar-refractivity contribution in [3.63, 3.8) is 0 Å². The first-order chi connectivity index (χ1) is 28.2. The van der Waals surface area contributed by atoms with Crippen molar-refractivity contribution in [2.24, 2.45) is 5.73 Å². The number of hydrogen-bond acceptors (Lipinski definition) is 3. The number of benzene rings is 6. The highest BCUT2D eigenvalue weighted by molar-refractivity contribution is 6.10. The number of nitrogens with two attached hydrogens (primary N) is 1. The van der Waals surface area contributed by atoms with Gasteiger partial charge in [-0.2, -0.15) is 0 Å². The maximum absolute atomic E-state index is 5.85. The molecule has 0 saturated carbocycles. The monoisotopic (exact) mass is 731 g/mol. The predicted octanol–water partition coefficient (Wildman–Crippen LogP) is 11.3. The van der Waals surface area contributed by atoms with Gasteiger partial charge in [-0.25, -0.2) is 0 Å². The fourth-order valence-electron chi connectivity index (χ4n) is 10.4. The van der Waals surface area contributed by atoms with Crippen LogP contribution in [0, 0.1) is 6.92 Å². The number of pyridine rings is 1. The molecular formula is C52H37N5. The first-order valence-electron chi connectivity index (χ1n) is 19.6. The molecule has 5 nitrogen and oxygen atoms in total. The fraction of sp³-hybridized carbons (Fsp3) is 0.0577. The summed E-state index contributed by atoms with van der Waals surface area (Å²) in [6.45, 7) is 2.93. The molecule has 0 radical (unpaired) electrons. The SMILES string of the molecule is Cc1c(/C=C\N)c2c(n1-c1ccc(-c3ccc(-n4c5cc6c(cc5c5ncccc54)-c4ccccc4C64c5ccccc5-c5ccccc54)cc3)cc1)CNC=C2. The quantitative estimate of drug-likeness (QED) is 0.189. The molecule has 0 fully saturated rings. The highest BCUT2D eigenvalue weighted by Gasteiger charge is 2.51. The molecule has 270 valence electrons. The van der Waals surface area contributed by atoms with Crippen LogP contribution in [0.1, 0.15) is 44.8 Å². The molecule has 1 spiro atoms. The van der Waals surface area contributed by atoms with Crippen LogP contribution in [-0.2, 0) is 12.0 Å². The van der Waals surface area contributed by atoms with Crippen LogP contribution in [0.4, 0.5) is 0 Å². The Morgan fingerprint density at radius 1 is 0.632 bits per heavy atom. The zero-order valence-electron chi connectivity index (χ0n) is 31.4. The minimum absolute atomic E-state index is 0.410. The van der Waals surface area contributed by atoms with E-state index in [1.807, 2.05) is 24.5 Å². The highest BCUT2D eigenvalue weighted by atomic mass is 15.0. The number of nitrogens with zero attached hydrogens (tertiary/aromatic N) is 3. The van der Waals surface area contributed by atoms with Gasteiger partial charge >= 0.3 is 0 Å². The maximum atomic E-state index is 5.85. The molecule has 0 atom stereocenters. The molecule has 6 aromatic carbocycles. The van der Waals surface area contributed by atoms with Gasteiger partial charge in [-0.3, -0.25) is 4.98 Å². The number of rotatable bonds is 4. The van der Waals surface area contributed by atoms with E-state index in [9.17, 15) is 0 Å². The first kappa shape index (κ1) is 31.9. The molecule has 0 saturated heterocycles. The van der Waals surface area contributed by atoms with Crippen molar-refractivity contribution >= 4 is 34.1 Å². The second-order valence-electron chi connectivity index (χ2n) is 15.4. The topological polar surface area (TPSA) is 60.8 Å². The van der Waals surface area contributed by atoms with Crippen molar-refractivity contribution in [1.29, 1.82) is 0 Å². The van der Waals surface area contributed by atoms with Gasteiger partial charge in [0.2, 0.25) is 0 Å². The minimum Gasteiger partial charge on any atom is -0.405 e. The van der Waals surface area contributed by atoms with Gasteiger partial charge in [0.05, 0.1) is 28.5 Å². The molecule has 4 heterocycles. The molecule has 5 heteroatoms. The lowest BCUT2D eigenvalue weighted by atomic mass is 9.70. The number of fused-ring (bicyclic) bond motifs is 14. The summed E-state index contributed by atoms with van der Waals surface area (Å²) in [5, 5.41) is 4.55. The van der Waals surface area contributed by atoms with E-state index in [1.165, 1.54) is 72.6 Å². The maximum Gasteiger partial charge on any atom is 0.0963 e. The molecule has 2 aliphatic carbocycles. The Bertz CT molecular complexity index is 3150. The Labute approximate surface area is 330 Å². The summed E-state index contributed by atoms with van der Waals surface area (Å²) in [7, 11) is 0. The molecule has 3 N–H and O–H groups in total. The van der Waals surface area contributed by atoms with Crippen LogP contribution in [0.2, 0.25) is 0 Å². The Morgan fingerprint density at radius 2 is 1.23 bits per heavy atom. The first-order valence-corrected chi connectivity index (χ1v) is 19.6. The van der Waals surface area contributed by atoms with E-state index >= 15 is 0 Å². The van der Waals surface area contributed by atoms with Gasteiger partial charge in [0.1, 0.15) is 0 Å². The van der Waals surface area contributed by atoms with E-state index < -0.39 is 5.41 Å².